The molecule has 0 aromatic carbocycles. The zero-order chi connectivity index (χ0) is 11.1. The maximum absolute atomic E-state index is 5.92. The molecule has 0 radical (unpaired) electrons. The lowest BCUT2D eigenvalue weighted by molar-refractivity contribution is 0.141. The first kappa shape index (κ1) is 9.94. The molecule has 1 spiro atoms. The summed E-state index contributed by atoms with van der Waals surface area (Å²) in [6.07, 6.45) is 5.72. The van der Waals surface area contributed by atoms with Crippen LogP contribution >= 0.6 is 0 Å². The van der Waals surface area contributed by atoms with Gasteiger partial charge in [0.25, 0.3) is 0 Å². The minimum absolute atomic E-state index is 0.374. The molecule has 4 aliphatic rings. The fourth-order valence-corrected chi connectivity index (χ4v) is 5.58. The molecule has 1 heterocycles. The third-order valence-electron chi connectivity index (χ3n) is 6.68. The molecule has 6 unspecified atom stereocenters. The van der Waals surface area contributed by atoms with E-state index in [4.69, 9.17) is 4.74 Å². The Kier molecular flexibility index (Phi) is 1.67. The summed E-state index contributed by atoms with van der Waals surface area (Å²) in [5.74, 6) is 4.91. The van der Waals surface area contributed by atoms with Gasteiger partial charge in [0.2, 0.25) is 0 Å². The summed E-state index contributed by atoms with van der Waals surface area (Å²) in [6, 6.07) is 0. The minimum Gasteiger partial charge on any atom is -0.369 e. The van der Waals surface area contributed by atoms with Crippen molar-refractivity contribution in [3.8, 4) is 0 Å². The van der Waals surface area contributed by atoms with Gasteiger partial charge in [-0.1, -0.05) is 27.2 Å². The third-order valence-corrected chi connectivity index (χ3v) is 6.68. The molecule has 0 aromatic rings. The van der Waals surface area contributed by atoms with E-state index < -0.39 is 0 Å². The fourth-order valence-electron chi connectivity index (χ4n) is 5.58. The first-order chi connectivity index (χ1) is 7.56. The van der Waals surface area contributed by atoms with Crippen molar-refractivity contribution in [3.05, 3.63) is 0 Å². The third kappa shape index (κ3) is 1.02. The highest BCUT2D eigenvalue weighted by Gasteiger charge is 2.70. The molecular weight excluding hydrogens is 196 g/mol. The summed E-state index contributed by atoms with van der Waals surface area (Å²) < 4.78 is 5.92. The molecule has 3 aliphatic carbocycles. The van der Waals surface area contributed by atoms with Crippen LogP contribution in [0, 0.1) is 35.0 Å². The van der Waals surface area contributed by atoms with Crippen molar-refractivity contribution in [3.63, 3.8) is 0 Å². The van der Waals surface area contributed by atoms with Crippen molar-refractivity contribution in [2.75, 3.05) is 6.61 Å². The number of fused-ring (bicyclic) bond motifs is 4. The Hall–Kier alpha value is -0.0400. The van der Waals surface area contributed by atoms with Gasteiger partial charge in [0.05, 0.1) is 12.2 Å². The molecule has 90 valence electrons. The van der Waals surface area contributed by atoms with Crippen LogP contribution in [0.3, 0.4) is 0 Å². The van der Waals surface area contributed by atoms with Gasteiger partial charge >= 0.3 is 0 Å². The molecule has 1 nitrogen and oxygen atoms in total. The molecule has 0 aromatic heterocycles. The maximum Gasteiger partial charge on any atom is 0.0947 e. The maximum atomic E-state index is 5.92. The van der Waals surface area contributed by atoms with E-state index in [1.807, 2.05) is 0 Å². The second-order valence-electron chi connectivity index (χ2n) is 7.58. The van der Waals surface area contributed by atoms with Crippen LogP contribution in [0.25, 0.3) is 0 Å². The van der Waals surface area contributed by atoms with E-state index in [-0.39, 0.29) is 0 Å². The Labute approximate surface area is 98.9 Å². The number of hydrogen-bond donors (Lipinski definition) is 0. The standard InChI is InChI=1S/C15H24O/c1-9-4-5-10-12(9)13-11(14(13,2)3)6-7-15(10)8-16-15/h9-13H,4-8H2,1-3H3. The number of ether oxygens (including phenoxy) is 1. The normalized spacial score (nSPS) is 61.3. The van der Waals surface area contributed by atoms with E-state index >= 15 is 0 Å². The Bertz CT molecular complexity index is 328. The van der Waals surface area contributed by atoms with Crippen molar-refractivity contribution in [2.24, 2.45) is 35.0 Å². The van der Waals surface area contributed by atoms with E-state index in [0.29, 0.717) is 11.0 Å². The van der Waals surface area contributed by atoms with Crippen molar-refractivity contribution in [1.82, 2.24) is 0 Å². The van der Waals surface area contributed by atoms with Crippen LogP contribution in [-0.4, -0.2) is 12.2 Å². The predicted octanol–water partition coefficient (Wildman–Crippen LogP) is 3.48. The highest BCUT2D eigenvalue weighted by atomic mass is 16.6. The zero-order valence-corrected chi connectivity index (χ0v) is 10.8. The first-order valence-electron chi connectivity index (χ1n) is 7.20. The summed E-state index contributed by atoms with van der Waals surface area (Å²) in [4.78, 5) is 0. The Morgan fingerprint density at radius 2 is 1.81 bits per heavy atom. The Balaban J connectivity index is 1.71. The van der Waals surface area contributed by atoms with E-state index in [1.54, 1.807) is 0 Å². The van der Waals surface area contributed by atoms with Crippen LogP contribution in [-0.2, 0) is 4.74 Å². The van der Waals surface area contributed by atoms with Gasteiger partial charge in [-0.05, 0) is 54.3 Å². The average molecular weight is 220 g/mol. The van der Waals surface area contributed by atoms with Crippen molar-refractivity contribution in [1.29, 1.82) is 0 Å². The quantitative estimate of drug-likeness (QED) is 0.569. The Morgan fingerprint density at radius 3 is 2.50 bits per heavy atom. The van der Waals surface area contributed by atoms with Crippen molar-refractivity contribution in [2.45, 2.75) is 52.1 Å². The van der Waals surface area contributed by atoms with Crippen molar-refractivity contribution < 1.29 is 4.74 Å². The van der Waals surface area contributed by atoms with Gasteiger partial charge < -0.3 is 4.74 Å². The molecule has 6 atom stereocenters. The smallest absolute Gasteiger partial charge is 0.0947 e. The molecule has 1 saturated heterocycles. The summed E-state index contributed by atoms with van der Waals surface area (Å²) in [6.45, 7) is 8.60. The highest BCUT2D eigenvalue weighted by Crippen LogP contribution is 2.72. The highest BCUT2D eigenvalue weighted by molar-refractivity contribution is 5.18. The van der Waals surface area contributed by atoms with E-state index in [9.17, 15) is 0 Å². The van der Waals surface area contributed by atoms with Gasteiger partial charge in [0.15, 0.2) is 0 Å². The van der Waals surface area contributed by atoms with Gasteiger partial charge in [-0.2, -0.15) is 0 Å². The molecular formula is C15H24O. The van der Waals surface area contributed by atoms with Crippen LogP contribution in [0.2, 0.25) is 0 Å². The SMILES string of the molecule is CC1CCC2C1C1C(CCC23CO3)C1(C)C. The Morgan fingerprint density at radius 1 is 1.06 bits per heavy atom. The minimum atomic E-state index is 0.374. The molecule has 1 aliphatic heterocycles. The largest absolute Gasteiger partial charge is 0.369 e. The van der Waals surface area contributed by atoms with Gasteiger partial charge in [-0.25, -0.2) is 0 Å². The summed E-state index contributed by atoms with van der Waals surface area (Å²) in [7, 11) is 0. The van der Waals surface area contributed by atoms with E-state index in [1.165, 1.54) is 25.7 Å². The molecule has 4 fully saturated rings. The summed E-state index contributed by atoms with van der Waals surface area (Å²) in [5.41, 5.74) is 1.02. The molecule has 1 heteroatoms. The second-order valence-corrected chi connectivity index (χ2v) is 7.58. The second kappa shape index (κ2) is 2.68. The topological polar surface area (TPSA) is 12.5 Å². The number of rotatable bonds is 0. The lowest BCUT2D eigenvalue weighted by Crippen LogP contribution is -2.30. The lowest BCUT2D eigenvalue weighted by Gasteiger charge is -2.28. The number of hydrogen-bond acceptors (Lipinski definition) is 1. The number of epoxide rings is 1. The van der Waals surface area contributed by atoms with E-state index in [2.05, 4.69) is 20.8 Å². The predicted molar refractivity (Wildman–Crippen MR) is 64.1 cm³/mol. The molecule has 0 amide bonds. The van der Waals surface area contributed by atoms with Crippen LogP contribution in [0.5, 0.6) is 0 Å². The van der Waals surface area contributed by atoms with Crippen LogP contribution < -0.4 is 0 Å². The van der Waals surface area contributed by atoms with Crippen LogP contribution in [0.15, 0.2) is 0 Å². The summed E-state index contributed by atoms with van der Waals surface area (Å²) >= 11 is 0. The van der Waals surface area contributed by atoms with Gasteiger partial charge in [0, 0.05) is 0 Å². The molecule has 0 bridgehead atoms. The van der Waals surface area contributed by atoms with Gasteiger partial charge in [0.1, 0.15) is 0 Å². The molecule has 16 heavy (non-hydrogen) atoms. The van der Waals surface area contributed by atoms with Crippen LogP contribution in [0.1, 0.15) is 46.5 Å². The summed E-state index contributed by atoms with van der Waals surface area (Å²) in [5, 5.41) is 0. The van der Waals surface area contributed by atoms with Crippen molar-refractivity contribution >= 4 is 0 Å². The van der Waals surface area contributed by atoms with Gasteiger partial charge in [-0.3, -0.25) is 0 Å². The molecule has 0 N–H and O–H groups in total. The monoisotopic (exact) mass is 220 g/mol. The molecule has 4 rings (SSSR count). The van der Waals surface area contributed by atoms with Crippen LogP contribution in [0.4, 0.5) is 0 Å². The van der Waals surface area contributed by atoms with E-state index in [0.717, 1.165) is 36.2 Å². The zero-order valence-electron chi connectivity index (χ0n) is 10.8. The molecule has 3 saturated carbocycles. The average Bonchev–Trinajstić information content (AvgIpc) is 3.07. The first-order valence-corrected chi connectivity index (χ1v) is 7.20. The lowest BCUT2D eigenvalue weighted by atomic mass is 9.76. The fraction of sp³-hybridized carbons (Fsp3) is 1.00. The van der Waals surface area contributed by atoms with Gasteiger partial charge in [-0.15, -0.1) is 0 Å².